The van der Waals surface area contributed by atoms with E-state index < -0.39 is 0 Å². The molecule has 1 heterocycles. The molecule has 1 aromatic carbocycles. The maximum absolute atomic E-state index is 3.45. The Labute approximate surface area is 104 Å². The smallest absolute Gasteiger partial charge is 0.0366 e. The van der Waals surface area contributed by atoms with Gasteiger partial charge in [0, 0.05) is 25.3 Å². The molecule has 3 rings (SSSR count). The SMILES string of the molecule is c1cc(N2CCCNCC2)ccc1C1CCC1. The van der Waals surface area contributed by atoms with Gasteiger partial charge in [0.1, 0.15) is 0 Å². The van der Waals surface area contributed by atoms with Crippen LogP contribution < -0.4 is 10.2 Å². The van der Waals surface area contributed by atoms with Crippen LogP contribution in [0.5, 0.6) is 0 Å². The van der Waals surface area contributed by atoms with Crippen LogP contribution in [0.3, 0.4) is 0 Å². The van der Waals surface area contributed by atoms with Crippen molar-refractivity contribution in [3.05, 3.63) is 29.8 Å². The first-order chi connectivity index (χ1) is 8.43. The molecule has 92 valence electrons. The third-order valence-electron chi connectivity index (χ3n) is 4.17. The third kappa shape index (κ3) is 2.47. The van der Waals surface area contributed by atoms with E-state index >= 15 is 0 Å². The number of benzene rings is 1. The molecule has 1 saturated heterocycles. The summed E-state index contributed by atoms with van der Waals surface area (Å²) in [6.07, 6.45) is 5.47. The van der Waals surface area contributed by atoms with Gasteiger partial charge in [-0.15, -0.1) is 0 Å². The summed E-state index contributed by atoms with van der Waals surface area (Å²) in [4.78, 5) is 2.50. The Kier molecular flexibility index (Phi) is 3.32. The first-order valence-electron chi connectivity index (χ1n) is 6.99. The minimum absolute atomic E-state index is 0.856. The molecule has 2 heteroatoms. The van der Waals surface area contributed by atoms with E-state index in [4.69, 9.17) is 0 Å². The van der Waals surface area contributed by atoms with E-state index in [1.807, 2.05) is 0 Å². The largest absolute Gasteiger partial charge is 0.370 e. The molecule has 0 radical (unpaired) electrons. The lowest BCUT2D eigenvalue weighted by atomic mass is 9.80. The first-order valence-corrected chi connectivity index (χ1v) is 6.99. The number of nitrogens with one attached hydrogen (secondary N) is 1. The van der Waals surface area contributed by atoms with E-state index in [1.54, 1.807) is 5.56 Å². The van der Waals surface area contributed by atoms with Crippen LogP contribution in [0.15, 0.2) is 24.3 Å². The van der Waals surface area contributed by atoms with Gasteiger partial charge in [-0.1, -0.05) is 18.6 Å². The predicted octanol–water partition coefficient (Wildman–Crippen LogP) is 2.75. The average molecular weight is 230 g/mol. The highest BCUT2D eigenvalue weighted by molar-refractivity contribution is 5.48. The normalized spacial score (nSPS) is 22.0. The number of hydrogen-bond acceptors (Lipinski definition) is 2. The molecule has 0 atom stereocenters. The molecule has 0 aromatic heterocycles. The van der Waals surface area contributed by atoms with Crippen molar-refractivity contribution >= 4 is 5.69 Å². The zero-order valence-electron chi connectivity index (χ0n) is 10.5. The number of nitrogens with zero attached hydrogens (tertiary/aromatic N) is 1. The van der Waals surface area contributed by atoms with Crippen molar-refractivity contribution in [2.75, 3.05) is 31.1 Å². The summed E-state index contributed by atoms with van der Waals surface area (Å²) in [6, 6.07) is 9.33. The Morgan fingerprint density at radius 1 is 0.941 bits per heavy atom. The highest BCUT2D eigenvalue weighted by atomic mass is 15.2. The lowest BCUT2D eigenvalue weighted by Crippen LogP contribution is -2.27. The molecule has 0 bridgehead atoms. The monoisotopic (exact) mass is 230 g/mol. The molecule has 2 nitrogen and oxygen atoms in total. The molecular weight excluding hydrogens is 208 g/mol. The van der Waals surface area contributed by atoms with Crippen molar-refractivity contribution < 1.29 is 0 Å². The van der Waals surface area contributed by atoms with Gasteiger partial charge < -0.3 is 10.2 Å². The Morgan fingerprint density at radius 2 is 1.76 bits per heavy atom. The lowest BCUT2D eigenvalue weighted by molar-refractivity contribution is 0.420. The van der Waals surface area contributed by atoms with Crippen LogP contribution in [0, 0.1) is 0 Å². The number of rotatable bonds is 2. The van der Waals surface area contributed by atoms with Gasteiger partial charge in [-0.3, -0.25) is 0 Å². The summed E-state index contributed by atoms with van der Waals surface area (Å²) in [5.41, 5.74) is 2.95. The Balaban J connectivity index is 1.69. The van der Waals surface area contributed by atoms with Crippen molar-refractivity contribution in [2.45, 2.75) is 31.6 Å². The molecule has 1 N–H and O–H groups in total. The van der Waals surface area contributed by atoms with Crippen molar-refractivity contribution in [1.29, 1.82) is 0 Å². The van der Waals surface area contributed by atoms with Gasteiger partial charge in [0.15, 0.2) is 0 Å². The second kappa shape index (κ2) is 5.09. The molecule has 2 aliphatic rings. The van der Waals surface area contributed by atoms with Gasteiger partial charge in [-0.05, 0) is 49.4 Å². The van der Waals surface area contributed by atoms with E-state index in [0.717, 1.165) is 25.6 Å². The van der Waals surface area contributed by atoms with Crippen molar-refractivity contribution in [3.63, 3.8) is 0 Å². The van der Waals surface area contributed by atoms with E-state index in [9.17, 15) is 0 Å². The van der Waals surface area contributed by atoms with Gasteiger partial charge in [-0.2, -0.15) is 0 Å². The first kappa shape index (κ1) is 11.1. The minimum atomic E-state index is 0.856. The zero-order valence-corrected chi connectivity index (χ0v) is 10.5. The maximum Gasteiger partial charge on any atom is 0.0366 e. The Morgan fingerprint density at radius 3 is 2.47 bits per heavy atom. The maximum atomic E-state index is 3.45. The standard InChI is InChI=1S/C15H22N2/c1-3-13(4-1)14-5-7-15(8-6-14)17-11-2-9-16-10-12-17/h5-8,13,16H,1-4,9-12H2. The quantitative estimate of drug-likeness (QED) is 0.840. The van der Waals surface area contributed by atoms with E-state index in [2.05, 4.69) is 34.5 Å². The van der Waals surface area contributed by atoms with Crippen LogP contribution in [0.25, 0.3) is 0 Å². The van der Waals surface area contributed by atoms with Crippen molar-refractivity contribution in [2.24, 2.45) is 0 Å². The number of anilines is 1. The van der Waals surface area contributed by atoms with Crippen LogP contribution in [-0.2, 0) is 0 Å². The Bertz CT molecular complexity index is 346. The number of hydrogen-bond donors (Lipinski definition) is 1. The molecule has 1 aliphatic carbocycles. The second-order valence-electron chi connectivity index (χ2n) is 5.31. The van der Waals surface area contributed by atoms with E-state index in [0.29, 0.717) is 0 Å². The van der Waals surface area contributed by atoms with Gasteiger partial charge in [0.25, 0.3) is 0 Å². The van der Waals surface area contributed by atoms with Crippen molar-refractivity contribution in [1.82, 2.24) is 5.32 Å². The summed E-state index contributed by atoms with van der Waals surface area (Å²) >= 11 is 0. The van der Waals surface area contributed by atoms with Gasteiger partial charge in [0.05, 0.1) is 0 Å². The summed E-state index contributed by atoms with van der Waals surface area (Å²) < 4.78 is 0. The minimum Gasteiger partial charge on any atom is -0.370 e. The van der Waals surface area contributed by atoms with Gasteiger partial charge in [-0.25, -0.2) is 0 Å². The fraction of sp³-hybridized carbons (Fsp3) is 0.600. The Hall–Kier alpha value is -1.02. The second-order valence-corrected chi connectivity index (χ2v) is 5.31. The molecule has 2 fully saturated rings. The summed E-state index contributed by atoms with van der Waals surface area (Å²) in [7, 11) is 0. The van der Waals surface area contributed by atoms with Crippen LogP contribution in [0.2, 0.25) is 0 Å². The molecule has 17 heavy (non-hydrogen) atoms. The van der Waals surface area contributed by atoms with Gasteiger partial charge >= 0.3 is 0 Å². The lowest BCUT2D eigenvalue weighted by Gasteiger charge is -2.27. The van der Waals surface area contributed by atoms with Crippen LogP contribution >= 0.6 is 0 Å². The van der Waals surface area contributed by atoms with Crippen LogP contribution in [-0.4, -0.2) is 26.2 Å². The molecule has 0 amide bonds. The van der Waals surface area contributed by atoms with Crippen LogP contribution in [0.4, 0.5) is 5.69 Å². The zero-order chi connectivity index (χ0) is 11.5. The van der Waals surface area contributed by atoms with Crippen molar-refractivity contribution in [3.8, 4) is 0 Å². The van der Waals surface area contributed by atoms with E-state index in [1.165, 1.54) is 37.9 Å². The third-order valence-corrected chi connectivity index (χ3v) is 4.17. The highest BCUT2D eigenvalue weighted by Gasteiger charge is 2.19. The predicted molar refractivity (Wildman–Crippen MR) is 72.7 cm³/mol. The van der Waals surface area contributed by atoms with Crippen LogP contribution in [0.1, 0.15) is 37.2 Å². The topological polar surface area (TPSA) is 15.3 Å². The molecule has 1 saturated carbocycles. The fourth-order valence-corrected chi connectivity index (χ4v) is 2.80. The molecular formula is C15H22N2. The molecule has 0 unspecified atom stereocenters. The highest BCUT2D eigenvalue weighted by Crippen LogP contribution is 2.36. The average Bonchev–Trinajstić information content (AvgIpc) is 2.56. The molecule has 1 aliphatic heterocycles. The molecule has 1 aromatic rings. The van der Waals surface area contributed by atoms with Gasteiger partial charge in [0.2, 0.25) is 0 Å². The fourth-order valence-electron chi connectivity index (χ4n) is 2.80. The van der Waals surface area contributed by atoms with E-state index in [-0.39, 0.29) is 0 Å². The molecule has 0 spiro atoms. The summed E-state index contributed by atoms with van der Waals surface area (Å²) in [6.45, 7) is 4.61. The summed E-state index contributed by atoms with van der Waals surface area (Å²) in [5.74, 6) is 0.856. The summed E-state index contributed by atoms with van der Waals surface area (Å²) in [5, 5.41) is 3.45.